The molecule has 1 aromatic rings. The first-order valence-corrected chi connectivity index (χ1v) is 4.33. The second-order valence-electron chi connectivity index (χ2n) is 3.17. The van der Waals surface area contributed by atoms with Gasteiger partial charge in [0.25, 0.3) is 0 Å². The predicted octanol–water partition coefficient (Wildman–Crippen LogP) is 1.32. The van der Waals surface area contributed by atoms with Crippen LogP contribution in [0.5, 0.6) is 5.75 Å². The second-order valence-corrected chi connectivity index (χ2v) is 3.17. The molecule has 0 atom stereocenters. The van der Waals surface area contributed by atoms with Crippen molar-refractivity contribution >= 4 is 11.4 Å². The Labute approximate surface area is 84.2 Å². The van der Waals surface area contributed by atoms with Crippen molar-refractivity contribution in [3.05, 3.63) is 18.2 Å². The van der Waals surface area contributed by atoms with Crippen molar-refractivity contribution in [2.75, 3.05) is 38.6 Å². The lowest BCUT2D eigenvalue weighted by molar-refractivity contribution is 0.0515. The zero-order valence-electron chi connectivity index (χ0n) is 8.78. The first kappa shape index (κ1) is 10.7. The van der Waals surface area contributed by atoms with Crippen LogP contribution in [0.3, 0.4) is 0 Å². The van der Waals surface area contributed by atoms with E-state index in [1.807, 2.05) is 31.1 Å². The van der Waals surface area contributed by atoms with Gasteiger partial charge in [0.05, 0.1) is 5.69 Å². The largest absolute Gasteiger partial charge is 0.465 e. The Kier molecular flexibility index (Phi) is 3.59. The zero-order chi connectivity index (χ0) is 10.6. The predicted molar refractivity (Wildman–Crippen MR) is 57.7 cm³/mol. The van der Waals surface area contributed by atoms with E-state index in [1.54, 1.807) is 13.2 Å². The topological polar surface area (TPSA) is 47.7 Å². The smallest absolute Gasteiger partial charge is 0.188 e. The first-order chi connectivity index (χ1) is 6.65. The molecule has 0 saturated heterocycles. The number of benzene rings is 1. The summed E-state index contributed by atoms with van der Waals surface area (Å²) >= 11 is 0. The highest BCUT2D eigenvalue weighted by molar-refractivity contribution is 5.64. The normalized spacial score (nSPS) is 9.93. The van der Waals surface area contributed by atoms with Crippen molar-refractivity contribution in [2.24, 2.45) is 0 Å². The zero-order valence-corrected chi connectivity index (χ0v) is 8.78. The molecular formula is C10H16N2O2. The Morgan fingerprint density at radius 3 is 2.64 bits per heavy atom. The Hall–Kier alpha value is -1.42. The van der Waals surface area contributed by atoms with E-state index in [4.69, 9.17) is 15.2 Å². The molecule has 4 heteroatoms. The average Bonchev–Trinajstić information content (AvgIpc) is 2.15. The summed E-state index contributed by atoms with van der Waals surface area (Å²) in [6.07, 6.45) is 0. The molecule has 1 aromatic carbocycles. The lowest BCUT2D eigenvalue weighted by Crippen LogP contribution is -2.12. The molecule has 0 amide bonds. The van der Waals surface area contributed by atoms with Crippen LogP contribution in [0.4, 0.5) is 11.4 Å². The standard InChI is InChI=1S/C10H16N2O2/c1-12(2)9-6-8(11)4-5-10(9)14-7-13-3/h4-6H,7,11H2,1-3H3. The van der Waals surface area contributed by atoms with Gasteiger partial charge in [-0.1, -0.05) is 0 Å². The number of anilines is 2. The first-order valence-electron chi connectivity index (χ1n) is 4.33. The SMILES string of the molecule is COCOc1ccc(N)cc1N(C)C. The number of methoxy groups -OCH3 is 1. The third-order valence-corrected chi connectivity index (χ3v) is 1.80. The maximum atomic E-state index is 5.68. The van der Waals surface area contributed by atoms with Crippen LogP contribution in [-0.4, -0.2) is 28.0 Å². The van der Waals surface area contributed by atoms with E-state index in [0.717, 1.165) is 17.1 Å². The third-order valence-electron chi connectivity index (χ3n) is 1.80. The minimum atomic E-state index is 0.241. The van der Waals surface area contributed by atoms with Gasteiger partial charge in [0.2, 0.25) is 0 Å². The second kappa shape index (κ2) is 4.72. The Morgan fingerprint density at radius 1 is 1.36 bits per heavy atom. The van der Waals surface area contributed by atoms with Gasteiger partial charge in [-0.3, -0.25) is 0 Å². The molecule has 0 bridgehead atoms. The van der Waals surface area contributed by atoms with Crippen LogP contribution in [0.15, 0.2) is 18.2 Å². The van der Waals surface area contributed by atoms with Crippen LogP contribution in [0.2, 0.25) is 0 Å². The van der Waals surface area contributed by atoms with Crippen molar-refractivity contribution in [2.45, 2.75) is 0 Å². The molecule has 0 aromatic heterocycles. The van der Waals surface area contributed by atoms with Gasteiger partial charge in [-0.05, 0) is 18.2 Å². The quantitative estimate of drug-likeness (QED) is 0.582. The van der Waals surface area contributed by atoms with Crippen LogP contribution in [0.1, 0.15) is 0 Å². The fraction of sp³-hybridized carbons (Fsp3) is 0.400. The average molecular weight is 196 g/mol. The number of rotatable bonds is 4. The molecule has 0 fully saturated rings. The van der Waals surface area contributed by atoms with Crippen LogP contribution in [0, 0.1) is 0 Å². The molecule has 0 heterocycles. The molecule has 0 aliphatic heterocycles. The number of nitrogen functional groups attached to an aromatic ring is 1. The summed E-state index contributed by atoms with van der Waals surface area (Å²) in [5, 5.41) is 0. The van der Waals surface area contributed by atoms with Gasteiger partial charge in [-0.15, -0.1) is 0 Å². The lowest BCUT2D eigenvalue weighted by atomic mass is 10.2. The summed E-state index contributed by atoms with van der Waals surface area (Å²) in [4.78, 5) is 1.95. The van der Waals surface area contributed by atoms with Crippen LogP contribution >= 0.6 is 0 Å². The third kappa shape index (κ3) is 2.53. The van der Waals surface area contributed by atoms with Crippen LogP contribution in [0.25, 0.3) is 0 Å². The van der Waals surface area contributed by atoms with Gasteiger partial charge in [-0.2, -0.15) is 0 Å². The molecule has 1 rings (SSSR count). The number of hydrogen-bond donors (Lipinski definition) is 1. The van der Waals surface area contributed by atoms with Gasteiger partial charge >= 0.3 is 0 Å². The molecule has 0 saturated carbocycles. The van der Waals surface area contributed by atoms with Crippen molar-refractivity contribution in [1.29, 1.82) is 0 Å². The Morgan fingerprint density at radius 2 is 2.07 bits per heavy atom. The summed E-state index contributed by atoms with van der Waals surface area (Å²) in [5.74, 6) is 0.769. The molecule has 14 heavy (non-hydrogen) atoms. The van der Waals surface area contributed by atoms with Gasteiger partial charge < -0.3 is 20.1 Å². The van der Waals surface area contributed by atoms with E-state index in [2.05, 4.69) is 0 Å². The Balaban J connectivity index is 2.90. The minimum absolute atomic E-state index is 0.241. The summed E-state index contributed by atoms with van der Waals surface area (Å²) in [6, 6.07) is 5.51. The van der Waals surface area contributed by atoms with E-state index in [-0.39, 0.29) is 6.79 Å². The van der Waals surface area contributed by atoms with E-state index in [1.165, 1.54) is 0 Å². The summed E-state index contributed by atoms with van der Waals surface area (Å²) < 4.78 is 10.2. The molecule has 0 unspecified atom stereocenters. The molecule has 0 aliphatic rings. The Bertz CT molecular complexity index is 300. The molecule has 0 spiro atoms. The van der Waals surface area contributed by atoms with Crippen molar-refractivity contribution < 1.29 is 9.47 Å². The van der Waals surface area contributed by atoms with Crippen molar-refractivity contribution in [3.8, 4) is 5.75 Å². The maximum absolute atomic E-state index is 5.68. The van der Waals surface area contributed by atoms with Crippen LogP contribution < -0.4 is 15.4 Å². The molecule has 78 valence electrons. The summed E-state index contributed by atoms with van der Waals surface area (Å²) in [6.45, 7) is 0.241. The highest BCUT2D eigenvalue weighted by Gasteiger charge is 2.05. The number of ether oxygens (including phenoxy) is 2. The number of nitrogens with two attached hydrogens (primary N) is 1. The monoisotopic (exact) mass is 196 g/mol. The molecule has 0 aliphatic carbocycles. The van der Waals surface area contributed by atoms with Gasteiger partial charge in [-0.25, -0.2) is 0 Å². The fourth-order valence-electron chi connectivity index (χ4n) is 1.13. The highest BCUT2D eigenvalue weighted by atomic mass is 16.7. The summed E-state index contributed by atoms with van der Waals surface area (Å²) in [7, 11) is 5.47. The van der Waals surface area contributed by atoms with E-state index in [9.17, 15) is 0 Å². The van der Waals surface area contributed by atoms with Crippen LogP contribution in [-0.2, 0) is 4.74 Å². The number of nitrogens with zero attached hydrogens (tertiary/aromatic N) is 1. The fourth-order valence-corrected chi connectivity index (χ4v) is 1.13. The maximum Gasteiger partial charge on any atom is 0.188 e. The van der Waals surface area contributed by atoms with Gasteiger partial charge in [0.15, 0.2) is 6.79 Å². The molecule has 0 radical (unpaired) electrons. The van der Waals surface area contributed by atoms with E-state index >= 15 is 0 Å². The molecular weight excluding hydrogens is 180 g/mol. The van der Waals surface area contributed by atoms with Gasteiger partial charge in [0.1, 0.15) is 5.75 Å². The van der Waals surface area contributed by atoms with Crippen molar-refractivity contribution in [1.82, 2.24) is 0 Å². The van der Waals surface area contributed by atoms with E-state index < -0.39 is 0 Å². The summed E-state index contributed by atoms with van der Waals surface area (Å²) in [5.41, 5.74) is 7.35. The highest BCUT2D eigenvalue weighted by Crippen LogP contribution is 2.28. The molecule has 2 N–H and O–H groups in total. The van der Waals surface area contributed by atoms with Crippen molar-refractivity contribution in [3.63, 3.8) is 0 Å². The molecule has 4 nitrogen and oxygen atoms in total. The van der Waals surface area contributed by atoms with Gasteiger partial charge in [0, 0.05) is 26.9 Å². The minimum Gasteiger partial charge on any atom is -0.465 e. The lowest BCUT2D eigenvalue weighted by Gasteiger charge is -2.17. The van der Waals surface area contributed by atoms with E-state index in [0.29, 0.717) is 0 Å². The number of hydrogen-bond acceptors (Lipinski definition) is 4.